The van der Waals surface area contributed by atoms with Crippen LogP contribution in [0.5, 0.6) is 0 Å². The van der Waals surface area contributed by atoms with Crippen molar-refractivity contribution in [2.75, 3.05) is 0 Å². The molecule has 1 aromatic carbocycles. The van der Waals surface area contributed by atoms with E-state index in [4.69, 9.17) is 0 Å². The first kappa shape index (κ1) is 18.6. The van der Waals surface area contributed by atoms with E-state index >= 15 is 0 Å². The lowest BCUT2D eigenvalue weighted by Crippen LogP contribution is -2.44. The van der Waals surface area contributed by atoms with E-state index in [9.17, 15) is 9.90 Å². The molecule has 0 bridgehead atoms. The van der Waals surface area contributed by atoms with Crippen molar-refractivity contribution >= 4 is 5.78 Å². The summed E-state index contributed by atoms with van der Waals surface area (Å²) in [6, 6.07) is 9.44. The number of carbonyl (C=O) groups excluding carboxylic acids is 1. The highest BCUT2D eigenvalue weighted by Crippen LogP contribution is 2.38. The molecule has 0 aromatic heterocycles. The highest BCUT2D eigenvalue weighted by atomic mass is 16.3. The van der Waals surface area contributed by atoms with Crippen LogP contribution in [-0.4, -0.2) is 23.2 Å². The SMILES string of the molecule is C=C/C(=C\CC(C)C1CC1)C(O)NC(Cc1ccccc1)C(C)=O. The zero-order valence-corrected chi connectivity index (χ0v) is 14.7. The van der Waals surface area contributed by atoms with Crippen LogP contribution in [0.25, 0.3) is 0 Å². The number of carbonyl (C=O) groups is 1. The van der Waals surface area contributed by atoms with E-state index < -0.39 is 12.3 Å². The maximum absolute atomic E-state index is 11.9. The molecule has 1 aromatic rings. The van der Waals surface area contributed by atoms with Gasteiger partial charge in [0.05, 0.1) is 6.04 Å². The highest BCUT2D eigenvalue weighted by Gasteiger charge is 2.27. The molecule has 0 saturated heterocycles. The van der Waals surface area contributed by atoms with E-state index in [1.54, 1.807) is 13.0 Å². The van der Waals surface area contributed by atoms with Crippen LogP contribution in [0.1, 0.15) is 38.7 Å². The van der Waals surface area contributed by atoms with Gasteiger partial charge in [0.25, 0.3) is 0 Å². The summed E-state index contributed by atoms with van der Waals surface area (Å²) in [6.45, 7) is 7.61. The summed E-state index contributed by atoms with van der Waals surface area (Å²) in [5.41, 5.74) is 1.82. The number of rotatable bonds is 10. The number of hydrogen-bond donors (Lipinski definition) is 2. The standard InChI is InChI=1S/C21H29NO2/c1-4-18(11-10-15(2)19-12-13-19)21(24)22-20(16(3)23)14-17-8-6-5-7-9-17/h4-9,11,15,19-22,24H,1,10,12-14H2,2-3H3/b18-11+. The Labute approximate surface area is 145 Å². The minimum absolute atomic E-state index is 0.0210. The number of benzene rings is 1. The molecule has 0 amide bonds. The molecule has 2 N–H and O–H groups in total. The van der Waals surface area contributed by atoms with Crippen molar-refractivity contribution in [1.29, 1.82) is 0 Å². The maximum Gasteiger partial charge on any atom is 0.147 e. The second kappa shape index (κ2) is 8.95. The molecule has 3 nitrogen and oxygen atoms in total. The number of aliphatic hydroxyl groups excluding tert-OH is 1. The molecule has 130 valence electrons. The number of ketones is 1. The van der Waals surface area contributed by atoms with Gasteiger partial charge in [-0.25, -0.2) is 0 Å². The lowest BCUT2D eigenvalue weighted by Gasteiger charge is -2.22. The Balaban J connectivity index is 1.96. The fourth-order valence-corrected chi connectivity index (χ4v) is 2.94. The average Bonchev–Trinajstić information content (AvgIpc) is 3.40. The van der Waals surface area contributed by atoms with Crippen LogP contribution >= 0.6 is 0 Å². The molecule has 1 saturated carbocycles. The molecule has 0 heterocycles. The Bertz CT molecular complexity index is 575. The van der Waals surface area contributed by atoms with Gasteiger partial charge in [-0.1, -0.05) is 56.0 Å². The molecule has 2 rings (SSSR count). The van der Waals surface area contributed by atoms with Crippen LogP contribution in [-0.2, 0) is 11.2 Å². The first-order valence-corrected chi connectivity index (χ1v) is 8.82. The van der Waals surface area contributed by atoms with Crippen LogP contribution in [0.2, 0.25) is 0 Å². The van der Waals surface area contributed by atoms with Crippen molar-refractivity contribution in [3.8, 4) is 0 Å². The van der Waals surface area contributed by atoms with E-state index in [2.05, 4.69) is 18.8 Å². The molecule has 3 unspecified atom stereocenters. The van der Waals surface area contributed by atoms with Crippen LogP contribution in [0.3, 0.4) is 0 Å². The topological polar surface area (TPSA) is 49.3 Å². The summed E-state index contributed by atoms with van der Waals surface area (Å²) in [5, 5.41) is 13.5. The number of aliphatic hydroxyl groups is 1. The van der Waals surface area contributed by atoms with Gasteiger partial charge in [-0.05, 0) is 55.6 Å². The molecular formula is C21H29NO2. The largest absolute Gasteiger partial charge is 0.374 e. The molecule has 0 spiro atoms. The van der Waals surface area contributed by atoms with Crippen LogP contribution in [0, 0.1) is 11.8 Å². The van der Waals surface area contributed by atoms with Gasteiger partial charge in [0.1, 0.15) is 12.0 Å². The third-order valence-electron chi connectivity index (χ3n) is 4.84. The van der Waals surface area contributed by atoms with Gasteiger partial charge in [-0.15, -0.1) is 0 Å². The first-order chi connectivity index (χ1) is 11.5. The van der Waals surface area contributed by atoms with Crippen molar-refractivity contribution in [1.82, 2.24) is 5.32 Å². The van der Waals surface area contributed by atoms with Crippen LogP contribution in [0.4, 0.5) is 0 Å². The van der Waals surface area contributed by atoms with Crippen LogP contribution in [0.15, 0.2) is 54.6 Å². The number of hydrogen-bond acceptors (Lipinski definition) is 3. The molecule has 0 radical (unpaired) electrons. The third kappa shape index (κ3) is 5.73. The molecular weight excluding hydrogens is 298 g/mol. The minimum atomic E-state index is -0.869. The highest BCUT2D eigenvalue weighted by molar-refractivity contribution is 5.81. The van der Waals surface area contributed by atoms with Crippen molar-refractivity contribution in [2.24, 2.45) is 11.8 Å². The van der Waals surface area contributed by atoms with Gasteiger partial charge in [0.2, 0.25) is 0 Å². The van der Waals surface area contributed by atoms with Crippen molar-refractivity contribution in [3.05, 3.63) is 60.2 Å². The molecule has 0 aliphatic heterocycles. The normalized spacial score (nSPS) is 18.7. The Hall–Kier alpha value is -1.71. The summed E-state index contributed by atoms with van der Waals surface area (Å²) in [5.74, 6) is 1.49. The quantitative estimate of drug-likeness (QED) is 0.509. The molecule has 24 heavy (non-hydrogen) atoms. The predicted molar refractivity (Wildman–Crippen MR) is 98.5 cm³/mol. The second-order valence-corrected chi connectivity index (χ2v) is 6.88. The van der Waals surface area contributed by atoms with E-state index in [0.717, 1.165) is 23.5 Å². The molecule has 1 fully saturated rings. The predicted octanol–water partition coefficient (Wildman–Crippen LogP) is 3.64. The minimum Gasteiger partial charge on any atom is -0.374 e. The number of allylic oxidation sites excluding steroid dienone is 1. The Morgan fingerprint density at radius 3 is 2.58 bits per heavy atom. The Morgan fingerprint density at radius 1 is 1.38 bits per heavy atom. The van der Waals surface area contributed by atoms with Gasteiger partial charge in [-0.3, -0.25) is 10.1 Å². The van der Waals surface area contributed by atoms with Crippen molar-refractivity contribution in [2.45, 2.75) is 51.8 Å². The van der Waals surface area contributed by atoms with E-state index in [1.807, 2.05) is 36.4 Å². The monoisotopic (exact) mass is 327 g/mol. The smallest absolute Gasteiger partial charge is 0.147 e. The lowest BCUT2D eigenvalue weighted by molar-refractivity contribution is -0.119. The van der Waals surface area contributed by atoms with E-state index in [-0.39, 0.29) is 5.78 Å². The Morgan fingerprint density at radius 2 is 2.04 bits per heavy atom. The third-order valence-corrected chi connectivity index (χ3v) is 4.84. The Kier molecular flexibility index (Phi) is 6.95. The van der Waals surface area contributed by atoms with Gasteiger partial charge >= 0.3 is 0 Å². The lowest BCUT2D eigenvalue weighted by atomic mass is 9.99. The zero-order chi connectivity index (χ0) is 17.5. The second-order valence-electron chi connectivity index (χ2n) is 6.88. The summed E-state index contributed by atoms with van der Waals surface area (Å²) in [4.78, 5) is 11.9. The summed E-state index contributed by atoms with van der Waals surface area (Å²) in [7, 11) is 0. The first-order valence-electron chi connectivity index (χ1n) is 8.82. The number of nitrogens with one attached hydrogen (secondary N) is 1. The summed E-state index contributed by atoms with van der Waals surface area (Å²) < 4.78 is 0. The number of Topliss-reactive ketones (excluding diaryl/α,β-unsaturated/α-hetero) is 1. The van der Waals surface area contributed by atoms with E-state index in [1.165, 1.54) is 12.8 Å². The van der Waals surface area contributed by atoms with Crippen molar-refractivity contribution in [3.63, 3.8) is 0 Å². The molecule has 1 aliphatic rings. The summed E-state index contributed by atoms with van der Waals surface area (Å²) >= 11 is 0. The summed E-state index contributed by atoms with van der Waals surface area (Å²) in [6.07, 6.45) is 7.01. The van der Waals surface area contributed by atoms with Gasteiger partial charge in [-0.2, -0.15) is 0 Å². The van der Waals surface area contributed by atoms with Crippen LogP contribution < -0.4 is 5.32 Å². The fourth-order valence-electron chi connectivity index (χ4n) is 2.94. The molecule has 3 atom stereocenters. The fraction of sp³-hybridized carbons (Fsp3) is 0.476. The van der Waals surface area contributed by atoms with Gasteiger partial charge in [0.15, 0.2) is 0 Å². The van der Waals surface area contributed by atoms with Gasteiger partial charge < -0.3 is 5.11 Å². The van der Waals surface area contributed by atoms with Gasteiger partial charge in [0, 0.05) is 0 Å². The van der Waals surface area contributed by atoms with Crippen molar-refractivity contribution < 1.29 is 9.90 Å². The molecule has 3 heteroatoms. The molecule has 1 aliphatic carbocycles. The zero-order valence-electron chi connectivity index (χ0n) is 14.7. The maximum atomic E-state index is 11.9. The van der Waals surface area contributed by atoms with E-state index in [0.29, 0.717) is 12.3 Å². The average molecular weight is 327 g/mol.